The average molecular weight is 262 g/mol. The molecule has 1 N–H and O–H groups in total. The van der Waals surface area contributed by atoms with Crippen LogP contribution in [0.1, 0.15) is 19.8 Å². The van der Waals surface area contributed by atoms with Crippen LogP contribution in [0.4, 0.5) is 0 Å². The van der Waals surface area contributed by atoms with Gasteiger partial charge >= 0.3 is 0 Å². The molecule has 0 saturated carbocycles. The van der Waals surface area contributed by atoms with Gasteiger partial charge in [-0.25, -0.2) is 8.42 Å². The number of ether oxygens (including phenoxy) is 1. The molecule has 6 nitrogen and oxygen atoms in total. The zero-order valence-electron chi connectivity index (χ0n) is 9.89. The summed E-state index contributed by atoms with van der Waals surface area (Å²) in [6.07, 6.45) is 1.04. The van der Waals surface area contributed by atoms with E-state index < -0.39 is 21.3 Å². The van der Waals surface area contributed by atoms with Gasteiger partial charge in [0, 0.05) is 26.3 Å². The number of carbonyl (C=O) groups is 1. The van der Waals surface area contributed by atoms with Gasteiger partial charge in [0.2, 0.25) is 15.9 Å². The molecule has 7 heteroatoms. The molecule has 98 valence electrons. The number of piperazine rings is 1. The van der Waals surface area contributed by atoms with Crippen LogP contribution in [0.15, 0.2) is 0 Å². The second-order valence-corrected chi connectivity index (χ2v) is 6.60. The molecule has 2 rings (SSSR count). The van der Waals surface area contributed by atoms with Crippen LogP contribution in [0.5, 0.6) is 0 Å². The van der Waals surface area contributed by atoms with E-state index in [0.29, 0.717) is 39.1 Å². The van der Waals surface area contributed by atoms with Crippen LogP contribution in [0.2, 0.25) is 0 Å². The highest BCUT2D eigenvalue weighted by Crippen LogP contribution is 2.22. The predicted molar refractivity (Wildman–Crippen MR) is 61.9 cm³/mol. The molecule has 0 aliphatic carbocycles. The summed E-state index contributed by atoms with van der Waals surface area (Å²) < 4.78 is 31.3. The van der Waals surface area contributed by atoms with Gasteiger partial charge in [0.25, 0.3) is 0 Å². The van der Waals surface area contributed by atoms with Gasteiger partial charge < -0.3 is 10.1 Å². The number of carbonyl (C=O) groups excluding carboxylic acids is 1. The van der Waals surface area contributed by atoms with Crippen molar-refractivity contribution in [3.05, 3.63) is 0 Å². The second kappa shape index (κ2) is 4.91. The minimum Gasteiger partial charge on any atom is -0.381 e. The largest absolute Gasteiger partial charge is 0.381 e. The minimum atomic E-state index is -3.37. The summed E-state index contributed by atoms with van der Waals surface area (Å²) >= 11 is 0. The SMILES string of the molecule is CC1C(=O)NCCN1S(=O)(=O)C1CCOCC1. The molecule has 2 heterocycles. The highest BCUT2D eigenvalue weighted by Gasteiger charge is 2.39. The predicted octanol–water partition coefficient (Wildman–Crippen LogP) is -0.684. The molecule has 2 fully saturated rings. The summed E-state index contributed by atoms with van der Waals surface area (Å²) in [6, 6.07) is -0.600. The maximum Gasteiger partial charge on any atom is 0.238 e. The van der Waals surface area contributed by atoms with E-state index in [1.54, 1.807) is 6.92 Å². The smallest absolute Gasteiger partial charge is 0.238 e. The van der Waals surface area contributed by atoms with E-state index in [1.165, 1.54) is 4.31 Å². The number of rotatable bonds is 2. The van der Waals surface area contributed by atoms with Crippen molar-refractivity contribution in [1.82, 2.24) is 9.62 Å². The van der Waals surface area contributed by atoms with Crippen molar-refractivity contribution in [2.24, 2.45) is 0 Å². The fourth-order valence-corrected chi connectivity index (χ4v) is 4.33. The van der Waals surface area contributed by atoms with E-state index in [-0.39, 0.29) is 5.91 Å². The lowest BCUT2D eigenvalue weighted by Gasteiger charge is -2.35. The van der Waals surface area contributed by atoms with Crippen LogP contribution in [-0.2, 0) is 19.6 Å². The van der Waals surface area contributed by atoms with Crippen LogP contribution < -0.4 is 5.32 Å². The molecule has 1 amide bonds. The topological polar surface area (TPSA) is 75.7 Å². The first-order chi connectivity index (χ1) is 8.03. The maximum atomic E-state index is 12.4. The molecule has 0 spiro atoms. The highest BCUT2D eigenvalue weighted by molar-refractivity contribution is 7.89. The zero-order chi connectivity index (χ0) is 12.5. The molecule has 2 aliphatic rings. The molecule has 1 atom stereocenters. The number of nitrogens with one attached hydrogen (secondary N) is 1. The molecule has 0 aromatic heterocycles. The Balaban J connectivity index is 2.16. The Labute approximate surface area is 101 Å². The van der Waals surface area contributed by atoms with Gasteiger partial charge in [-0.15, -0.1) is 0 Å². The highest BCUT2D eigenvalue weighted by atomic mass is 32.2. The van der Waals surface area contributed by atoms with Gasteiger partial charge in [-0.3, -0.25) is 4.79 Å². The Morgan fingerprint density at radius 2 is 2.00 bits per heavy atom. The van der Waals surface area contributed by atoms with Crippen molar-refractivity contribution in [1.29, 1.82) is 0 Å². The van der Waals surface area contributed by atoms with E-state index in [1.807, 2.05) is 0 Å². The minimum absolute atomic E-state index is 0.216. The molecule has 17 heavy (non-hydrogen) atoms. The molecular weight excluding hydrogens is 244 g/mol. The van der Waals surface area contributed by atoms with Gasteiger partial charge in [-0.1, -0.05) is 0 Å². The van der Waals surface area contributed by atoms with E-state index in [0.717, 1.165) is 0 Å². The fourth-order valence-electron chi connectivity index (χ4n) is 2.27. The first-order valence-corrected chi connectivity index (χ1v) is 7.40. The van der Waals surface area contributed by atoms with Crippen LogP contribution in [0, 0.1) is 0 Å². The maximum absolute atomic E-state index is 12.4. The van der Waals surface area contributed by atoms with Crippen molar-refractivity contribution in [2.45, 2.75) is 31.1 Å². The van der Waals surface area contributed by atoms with Crippen LogP contribution >= 0.6 is 0 Å². The molecule has 0 radical (unpaired) electrons. The summed E-state index contributed by atoms with van der Waals surface area (Å²) in [6.45, 7) is 3.36. The van der Waals surface area contributed by atoms with Crippen LogP contribution in [0.25, 0.3) is 0 Å². The molecule has 2 saturated heterocycles. The Hall–Kier alpha value is -0.660. The summed E-state index contributed by atoms with van der Waals surface area (Å²) in [5.41, 5.74) is 0. The Kier molecular flexibility index (Phi) is 3.70. The van der Waals surface area contributed by atoms with Crippen molar-refractivity contribution < 1.29 is 17.9 Å². The van der Waals surface area contributed by atoms with E-state index in [4.69, 9.17) is 4.74 Å². The molecule has 1 unspecified atom stereocenters. The third-order valence-corrected chi connectivity index (χ3v) is 5.83. The average Bonchev–Trinajstić information content (AvgIpc) is 2.33. The molecule has 0 aromatic carbocycles. The number of hydrogen-bond acceptors (Lipinski definition) is 4. The van der Waals surface area contributed by atoms with Gasteiger partial charge in [-0.05, 0) is 19.8 Å². The Bertz CT molecular complexity index is 389. The zero-order valence-corrected chi connectivity index (χ0v) is 10.7. The Morgan fingerprint density at radius 1 is 1.35 bits per heavy atom. The van der Waals surface area contributed by atoms with Crippen molar-refractivity contribution in [2.75, 3.05) is 26.3 Å². The lowest BCUT2D eigenvalue weighted by Crippen LogP contribution is -2.58. The third kappa shape index (κ3) is 2.46. The van der Waals surface area contributed by atoms with Gasteiger partial charge in [0.15, 0.2) is 0 Å². The van der Waals surface area contributed by atoms with Gasteiger partial charge in [-0.2, -0.15) is 4.31 Å². The van der Waals surface area contributed by atoms with E-state index >= 15 is 0 Å². The van der Waals surface area contributed by atoms with Crippen LogP contribution in [0.3, 0.4) is 0 Å². The molecule has 0 aromatic rings. The molecule has 0 bridgehead atoms. The number of hydrogen-bond donors (Lipinski definition) is 1. The second-order valence-electron chi connectivity index (χ2n) is 4.43. The summed E-state index contributed by atoms with van der Waals surface area (Å²) in [7, 11) is -3.37. The Morgan fingerprint density at radius 3 is 2.65 bits per heavy atom. The lowest BCUT2D eigenvalue weighted by atomic mass is 10.2. The monoisotopic (exact) mass is 262 g/mol. The lowest BCUT2D eigenvalue weighted by molar-refractivity contribution is -0.126. The third-order valence-electron chi connectivity index (χ3n) is 3.36. The standard InChI is InChI=1S/C10H18N2O4S/c1-8-10(13)11-4-5-12(8)17(14,15)9-2-6-16-7-3-9/h8-9H,2-7H2,1H3,(H,11,13). The van der Waals surface area contributed by atoms with Crippen molar-refractivity contribution >= 4 is 15.9 Å². The fraction of sp³-hybridized carbons (Fsp3) is 0.900. The molecular formula is C10H18N2O4S. The first-order valence-electron chi connectivity index (χ1n) is 5.89. The van der Waals surface area contributed by atoms with Gasteiger partial charge in [0.1, 0.15) is 6.04 Å². The van der Waals surface area contributed by atoms with Crippen molar-refractivity contribution in [3.8, 4) is 0 Å². The first kappa shape index (κ1) is 12.8. The van der Waals surface area contributed by atoms with Gasteiger partial charge in [0.05, 0.1) is 5.25 Å². The molecule has 2 aliphatic heterocycles. The van der Waals surface area contributed by atoms with Crippen molar-refractivity contribution in [3.63, 3.8) is 0 Å². The number of amides is 1. The summed E-state index contributed by atoms with van der Waals surface area (Å²) in [5.74, 6) is -0.216. The number of nitrogens with zero attached hydrogens (tertiary/aromatic N) is 1. The summed E-state index contributed by atoms with van der Waals surface area (Å²) in [4.78, 5) is 11.5. The van der Waals surface area contributed by atoms with Crippen LogP contribution in [-0.4, -0.2) is 56.2 Å². The van der Waals surface area contributed by atoms with E-state index in [2.05, 4.69) is 5.32 Å². The van der Waals surface area contributed by atoms with E-state index in [9.17, 15) is 13.2 Å². The summed E-state index contributed by atoms with van der Waals surface area (Å²) in [5, 5.41) is 2.27. The number of sulfonamides is 1. The normalized spacial score (nSPS) is 29.0. The quantitative estimate of drug-likeness (QED) is 0.715.